The first-order valence-corrected chi connectivity index (χ1v) is 7.57. The van der Waals surface area contributed by atoms with Gasteiger partial charge in [-0.3, -0.25) is 4.79 Å². The molecule has 23 heavy (non-hydrogen) atoms. The molecule has 0 saturated heterocycles. The van der Waals surface area contributed by atoms with Crippen molar-refractivity contribution >= 4 is 23.2 Å². The third kappa shape index (κ3) is 3.46. The second-order valence-electron chi connectivity index (χ2n) is 4.63. The van der Waals surface area contributed by atoms with Crippen LogP contribution in [0.5, 0.6) is 0 Å². The predicted octanol–water partition coefficient (Wildman–Crippen LogP) is 2.86. The number of rotatable bonds is 5. The molecule has 2 heterocycles. The smallest absolute Gasteiger partial charge is 0.338 e. The number of nitrogens with zero attached hydrogens (tertiary/aromatic N) is 1. The van der Waals surface area contributed by atoms with Crippen LogP contribution in [0, 0.1) is 0 Å². The van der Waals surface area contributed by atoms with Crippen LogP contribution < -0.4 is 5.73 Å². The molecule has 3 aromatic rings. The average molecular weight is 328 g/mol. The highest BCUT2D eigenvalue weighted by molar-refractivity contribution is 7.13. The number of nitrogens with two attached hydrogens (primary N) is 1. The van der Waals surface area contributed by atoms with Gasteiger partial charge in [-0.25, -0.2) is 9.78 Å². The van der Waals surface area contributed by atoms with E-state index in [-0.39, 0.29) is 6.61 Å². The number of esters is 1. The van der Waals surface area contributed by atoms with E-state index >= 15 is 0 Å². The molecular weight excluding hydrogens is 316 g/mol. The van der Waals surface area contributed by atoms with Gasteiger partial charge in [0.25, 0.3) is 0 Å². The van der Waals surface area contributed by atoms with E-state index in [1.807, 2.05) is 17.5 Å². The van der Waals surface area contributed by atoms with Gasteiger partial charge in [0.15, 0.2) is 12.4 Å². The third-order valence-electron chi connectivity index (χ3n) is 3.04. The lowest BCUT2D eigenvalue weighted by Gasteiger charge is -2.03. The molecule has 0 bridgehead atoms. The summed E-state index contributed by atoms with van der Waals surface area (Å²) in [6.07, 6.45) is 1.53. The predicted molar refractivity (Wildman–Crippen MR) is 83.9 cm³/mol. The summed E-state index contributed by atoms with van der Waals surface area (Å²) in [5.74, 6) is -0.116. The molecule has 116 valence electrons. The van der Waals surface area contributed by atoms with E-state index in [4.69, 9.17) is 14.9 Å². The van der Waals surface area contributed by atoms with Crippen LogP contribution in [0.3, 0.4) is 0 Å². The van der Waals surface area contributed by atoms with E-state index < -0.39 is 11.9 Å². The molecule has 0 aliphatic rings. The van der Waals surface area contributed by atoms with Crippen molar-refractivity contribution in [3.05, 3.63) is 64.9 Å². The number of hydrogen-bond acceptors (Lipinski definition) is 6. The van der Waals surface area contributed by atoms with Crippen molar-refractivity contribution in [1.82, 2.24) is 4.98 Å². The minimum Gasteiger partial charge on any atom is -0.454 e. The Labute approximate surface area is 135 Å². The summed E-state index contributed by atoms with van der Waals surface area (Å²) < 4.78 is 10.7. The maximum absolute atomic E-state index is 11.9. The Kier molecular flexibility index (Phi) is 4.20. The van der Waals surface area contributed by atoms with E-state index in [2.05, 4.69) is 4.98 Å². The lowest BCUT2D eigenvalue weighted by Crippen LogP contribution is -2.11. The molecule has 0 aliphatic carbocycles. The van der Waals surface area contributed by atoms with Crippen molar-refractivity contribution in [3.8, 4) is 10.8 Å². The number of aromatic nitrogens is 1. The van der Waals surface area contributed by atoms with Crippen LogP contribution in [0.4, 0.5) is 0 Å². The van der Waals surface area contributed by atoms with Crippen LogP contribution >= 0.6 is 11.3 Å². The van der Waals surface area contributed by atoms with Crippen molar-refractivity contribution < 1.29 is 18.7 Å². The summed E-state index contributed by atoms with van der Waals surface area (Å²) >= 11 is 1.51. The molecule has 0 fully saturated rings. The molecule has 0 unspecified atom stereocenters. The Morgan fingerprint density at radius 1 is 1.17 bits per heavy atom. The standard InChI is InChI=1S/C16H12N2O4S/c17-14(19)10-3-5-11(6-4-10)16(20)21-9-12-8-18-15(22-12)13-2-1-7-23-13/h1-8H,9H2,(H2,17,19). The van der Waals surface area contributed by atoms with E-state index in [1.165, 1.54) is 41.8 Å². The van der Waals surface area contributed by atoms with Gasteiger partial charge in [0.2, 0.25) is 11.8 Å². The number of primary amides is 1. The number of carbonyl (C=O) groups excluding carboxylic acids is 2. The number of oxazole rings is 1. The Morgan fingerprint density at radius 3 is 2.57 bits per heavy atom. The molecule has 2 aromatic heterocycles. The third-order valence-corrected chi connectivity index (χ3v) is 3.89. The zero-order valence-corrected chi connectivity index (χ0v) is 12.7. The van der Waals surface area contributed by atoms with E-state index in [1.54, 1.807) is 0 Å². The number of ether oxygens (including phenoxy) is 1. The van der Waals surface area contributed by atoms with Gasteiger partial charge >= 0.3 is 5.97 Å². The molecule has 0 saturated carbocycles. The monoisotopic (exact) mass is 328 g/mol. The van der Waals surface area contributed by atoms with Gasteiger partial charge in [-0.1, -0.05) is 6.07 Å². The number of thiophene rings is 1. The molecule has 3 rings (SSSR count). The number of hydrogen-bond donors (Lipinski definition) is 1. The zero-order chi connectivity index (χ0) is 16.2. The number of carbonyl (C=O) groups is 2. The molecule has 1 amide bonds. The Bertz CT molecular complexity index is 822. The van der Waals surface area contributed by atoms with Crippen molar-refractivity contribution in [2.75, 3.05) is 0 Å². The largest absolute Gasteiger partial charge is 0.454 e. The van der Waals surface area contributed by atoms with Crippen LogP contribution in [-0.4, -0.2) is 16.9 Å². The lowest BCUT2D eigenvalue weighted by atomic mass is 10.1. The van der Waals surface area contributed by atoms with Crippen LogP contribution in [0.1, 0.15) is 26.5 Å². The van der Waals surface area contributed by atoms with Crippen molar-refractivity contribution in [3.63, 3.8) is 0 Å². The molecule has 2 N–H and O–H groups in total. The van der Waals surface area contributed by atoms with Crippen LogP contribution in [0.2, 0.25) is 0 Å². The molecule has 0 spiro atoms. The van der Waals surface area contributed by atoms with Crippen molar-refractivity contribution in [2.24, 2.45) is 5.73 Å². The first-order chi connectivity index (χ1) is 11.1. The topological polar surface area (TPSA) is 95.4 Å². The fourth-order valence-electron chi connectivity index (χ4n) is 1.88. The summed E-state index contributed by atoms with van der Waals surface area (Å²) in [4.78, 5) is 28.0. The summed E-state index contributed by atoms with van der Waals surface area (Å²) in [5, 5.41) is 1.93. The Balaban J connectivity index is 1.61. The summed E-state index contributed by atoms with van der Waals surface area (Å²) in [5.41, 5.74) is 5.80. The maximum atomic E-state index is 11.9. The van der Waals surface area contributed by atoms with Gasteiger partial charge in [0, 0.05) is 5.56 Å². The quantitative estimate of drug-likeness (QED) is 0.727. The van der Waals surface area contributed by atoms with Gasteiger partial charge in [-0.15, -0.1) is 11.3 Å². The van der Waals surface area contributed by atoms with E-state index in [0.29, 0.717) is 22.8 Å². The fourth-order valence-corrected chi connectivity index (χ4v) is 2.54. The minimum atomic E-state index is -0.548. The van der Waals surface area contributed by atoms with Gasteiger partial charge in [-0.2, -0.15) is 0 Å². The zero-order valence-electron chi connectivity index (χ0n) is 11.9. The van der Waals surface area contributed by atoms with Gasteiger partial charge in [-0.05, 0) is 35.7 Å². The molecule has 0 aliphatic heterocycles. The summed E-state index contributed by atoms with van der Waals surface area (Å²) in [6.45, 7) is -0.0191. The molecule has 0 radical (unpaired) electrons. The Morgan fingerprint density at radius 2 is 1.91 bits per heavy atom. The highest BCUT2D eigenvalue weighted by Crippen LogP contribution is 2.24. The fraction of sp³-hybridized carbons (Fsp3) is 0.0625. The lowest BCUT2D eigenvalue weighted by molar-refractivity contribution is 0.0446. The summed E-state index contributed by atoms with van der Waals surface area (Å²) in [7, 11) is 0. The number of benzene rings is 1. The molecule has 1 aromatic carbocycles. The average Bonchev–Trinajstić information content (AvgIpc) is 3.23. The van der Waals surface area contributed by atoms with Crippen molar-refractivity contribution in [2.45, 2.75) is 6.61 Å². The molecular formula is C16H12N2O4S. The number of amides is 1. The maximum Gasteiger partial charge on any atom is 0.338 e. The molecule has 7 heteroatoms. The van der Waals surface area contributed by atoms with Gasteiger partial charge in [0.1, 0.15) is 0 Å². The first-order valence-electron chi connectivity index (χ1n) is 6.69. The van der Waals surface area contributed by atoms with E-state index in [0.717, 1.165) is 4.88 Å². The second kappa shape index (κ2) is 6.45. The normalized spacial score (nSPS) is 10.4. The Hall–Kier alpha value is -2.93. The highest BCUT2D eigenvalue weighted by Gasteiger charge is 2.12. The molecule has 0 atom stereocenters. The van der Waals surface area contributed by atoms with Crippen LogP contribution in [0.25, 0.3) is 10.8 Å². The van der Waals surface area contributed by atoms with Crippen LogP contribution in [0.15, 0.2) is 52.4 Å². The first kappa shape index (κ1) is 15.0. The highest BCUT2D eigenvalue weighted by atomic mass is 32.1. The van der Waals surface area contributed by atoms with Gasteiger partial charge < -0.3 is 14.9 Å². The van der Waals surface area contributed by atoms with Crippen molar-refractivity contribution in [1.29, 1.82) is 0 Å². The molecule has 6 nitrogen and oxygen atoms in total. The van der Waals surface area contributed by atoms with Gasteiger partial charge in [0.05, 0.1) is 16.6 Å². The van der Waals surface area contributed by atoms with E-state index in [9.17, 15) is 9.59 Å². The summed E-state index contributed by atoms with van der Waals surface area (Å²) in [6, 6.07) is 9.72. The second-order valence-corrected chi connectivity index (χ2v) is 5.57. The SMILES string of the molecule is NC(=O)c1ccc(C(=O)OCc2cnc(-c3cccs3)o2)cc1. The minimum absolute atomic E-state index is 0.0191. The van der Waals surface area contributed by atoms with Crippen LogP contribution in [-0.2, 0) is 11.3 Å².